The molecule has 0 rings (SSSR count). The van der Waals surface area contributed by atoms with Gasteiger partial charge in [-0.15, -0.1) is 0 Å². The lowest BCUT2D eigenvalue weighted by Gasteiger charge is -2.00. The van der Waals surface area contributed by atoms with Crippen LogP contribution in [0, 0.1) is 0 Å². The van der Waals surface area contributed by atoms with Crippen molar-refractivity contribution in [3.05, 3.63) is 0 Å². The van der Waals surface area contributed by atoms with Crippen molar-refractivity contribution in [2.45, 2.75) is 39.5 Å². The average Bonchev–Trinajstić information content (AvgIpc) is 2.23. The van der Waals surface area contributed by atoms with Crippen LogP contribution in [0.4, 0.5) is 0 Å². The van der Waals surface area contributed by atoms with Crippen LogP contribution in [0.1, 0.15) is 39.5 Å². The molecule has 0 unspecified atom stereocenters. The number of hydrogen-bond donors (Lipinski definition) is 3. The zero-order valence-corrected chi connectivity index (χ0v) is 11.5. The molecule has 2 amide bonds. The lowest BCUT2D eigenvalue weighted by molar-refractivity contribution is -0.119. The number of amides is 2. The Balaban J connectivity index is 0. The summed E-state index contributed by atoms with van der Waals surface area (Å²) in [5.74, 6) is -0.0615. The van der Waals surface area contributed by atoms with E-state index in [0.29, 0.717) is 6.42 Å². The molecule has 0 aliphatic rings. The standard InChI is InChI=1S/C9H17NO2.C3H8N2O/c1-8(11)6-4-3-5-7-10-9(2)12;1-5-2-3(4)6/h3-7H2,1-2H3,(H,10,12);5H,2H2,1H3,(H2,4,6). The highest BCUT2D eigenvalue weighted by atomic mass is 16.1. The molecule has 0 aromatic carbocycles. The lowest BCUT2D eigenvalue weighted by atomic mass is 10.1. The third-order valence-corrected chi connectivity index (χ3v) is 1.93. The van der Waals surface area contributed by atoms with Gasteiger partial charge in [-0.2, -0.15) is 0 Å². The van der Waals surface area contributed by atoms with Crippen LogP contribution in [0.3, 0.4) is 0 Å². The monoisotopic (exact) mass is 259 g/mol. The minimum absolute atomic E-state index is 0.0153. The van der Waals surface area contributed by atoms with Gasteiger partial charge in [-0.25, -0.2) is 0 Å². The average molecular weight is 259 g/mol. The van der Waals surface area contributed by atoms with Gasteiger partial charge in [-0.3, -0.25) is 9.59 Å². The van der Waals surface area contributed by atoms with Crippen LogP contribution in [-0.4, -0.2) is 37.7 Å². The minimum Gasteiger partial charge on any atom is -0.369 e. The molecule has 0 aliphatic heterocycles. The molecule has 6 heteroatoms. The highest BCUT2D eigenvalue weighted by Crippen LogP contribution is 1.98. The van der Waals surface area contributed by atoms with Gasteiger partial charge < -0.3 is 21.2 Å². The van der Waals surface area contributed by atoms with Gasteiger partial charge >= 0.3 is 0 Å². The Kier molecular flexibility index (Phi) is 14.3. The summed E-state index contributed by atoms with van der Waals surface area (Å²) < 4.78 is 0. The van der Waals surface area contributed by atoms with E-state index >= 15 is 0 Å². The Morgan fingerprint density at radius 1 is 1.06 bits per heavy atom. The van der Waals surface area contributed by atoms with Crippen molar-refractivity contribution in [1.82, 2.24) is 10.6 Å². The summed E-state index contributed by atoms with van der Waals surface area (Å²) >= 11 is 0. The van der Waals surface area contributed by atoms with Crippen LogP contribution in [0.15, 0.2) is 0 Å². The molecule has 18 heavy (non-hydrogen) atoms. The van der Waals surface area contributed by atoms with Crippen LogP contribution in [0.25, 0.3) is 0 Å². The Morgan fingerprint density at radius 2 is 1.67 bits per heavy atom. The maximum atomic E-state index is 10.5. The molecular weight excluding hydrogens is 234 g/mol. The predicted octanol–water partition coefficient (Wildman–Crippen LogP) is -0.0370. The molecule has 0 atom stereocenters. The van der Waals surface area contributed by atoms with Crippen molar-refractivity contribution in [2.24, 2.45) is 5.73 Å². The number of nitrogens with one attached hydrogen (secondary N) is 2. The summed E-state index contributed by atoms with van der Waals surface area (Å²) in [6.45, 7) is 4.11. The van der Waals surface area contributed by atoms with Crippen molar-refractivity contribution in [3.63, 3.8) is 0 Å². The fraction of sp³-hybridized carbons (Fsp3) is 0.750. The zero-order valence-electron chi connectivity index (χ0n) is 11.5. The lowest BCUT2D eigenvalue weighted by Crippen LogP contribution is -2.25. The van der Waals surface area contributed by atoms with Gasteiger partial charge in [0, 0.05) is 19.9 Å². The number of rotatable bonds is 8. The van der Waals surface area contributed by atoms with Crippen LogP contribution in [0.5, 0.6) is 0 Å². The molecule has 106 valence electrons. The second kappa shape index (κ2) is 13.6. The van der Waals surface area contributed by atoms with Gasteiger partial charge in [0.25, 0.3) is 0 Å². The van der Waals surface area contributed by atoms with Gasteiger partial charge in [0.15, 0.2) is 0 Å². The molecule has 0 bridgehead atoms. The third-order valence-electron chi connectivity index (χ3n) is 1.93. The molecule has 6 nitrogen and oxygen atoms in total. The van der Waals surface area contributed by atoms with Crippen LogP contribution < -0.4 is 16.4 Å². The number of Topliss-reactive ketones (excluding diaryl/α,β-unsaturated/α-hetero) is 1. The Bertz CT molecular complexity index is 237. The number of nitrogens with two attached hydrogens (primary N) is 1. The molecule has 0 aromatic rings. The van der Waals surface area contributed by atoms with Crippen LogP contribution in [-0.2, 0) is 14.4 Å². The molecule has 0 saturated heterocycles. The quantitative estimate of drug-likeness (QED) is 0.532. The highest BCUT2D eigenvalue weighted by Gasteiger charge is 1.94. The van der Waals surface area contributed by atoms with Crippen molar-refractivity contribution in [3.8, 4) is 0 Å². The Morgan fingerprint density at radius 3 is 2.00 bits per heavy atom. The summed E-state index contributed by atoms with van der Waals surface area (Å²) in [4.78, 5) is 30.7. The van der Waals surface area contributed by atoms with E-state index in [1.165, 1.54) is 6.92 Å². The number of carbonyl (C=O) groups is 3. The van der Waals surface area contributed by atoms with E-state index in [1.54, 1.807) is 14.0 Å². The molecule has 0 spiro atoms. The highest BCUT2D eigenvalue weighted by molar-refractivity contribution is 5.75. The third kappa shape index (κ3) is 24.0. The molecule has 4 N–H and O–H groups in total. The maximum absolute atomic E-state index is 10.5. The molecule has 0 aliphatic carbocycles. The molecule has 0 saturated carbocycles. The van der Waals surface area contributed by atoms with E-state index < -0.39 is 0 Å². The van der Waals surface area contributed by atoms with E-state index in [2.05, 4.69) is 10.6 Å². The van der Waals surface area contributed by atoms with E-state index in [0.717, 1.165) is 25.8 Å². The first-order valence-electron chi connectivity index (χ1n) is 6.07. The fourth-order valence-corrected chi connectivity index (χ4v) is 1.11. The summed E-state index contributed by atoms with van der Waals surface area (Å²) in [6, 6.07) is 0. The number of hydrogen-bond acceptors (Lipinski definition) is 4. The molecule has 0 radical (unpaired) electrons. The van der Waals surface area contributed by atoms with Crippen molar-refractivity contribution >= 4 is 17.6 Å². The van der Waals surface area contributed by atoms with E-state index in [4.69, 9.17) is 5.73 Å². The van der Waals surface area contributed by atoms with E-state index in [-0.39, 0.29) is 24.1 Å². The van der Waals surface area contributed by atoms with E-state index in [1.807, 2.05) is 0 Å². The number of unbranched alkanes of at least 4 members (excludes halogenated alkanes) is 2. The number of carbonyl (C=O) groups excluding carboxylic acids is 3. The maximum Gasteiger partial charge on any atom is 0.231 e. The van der Waals surface area contributed by atoms with Gasteiger partial charge in [0.1, 0.15) is 5.78 Å². The SMILES string of the molecule is CC(=O)CCCCCNC(C)=O.CNCC(N)=O. The zero-order chi connectivity index (χ0) is 14.4. The van der Waals surface area contributed by atoms with Crippen molar-refractivity contribution in [2.75, 3.05) is 20.1 Å². The van der Waals surface area contributed by atoms with Crippen LogP contribution >= 0.6 is 0 Å². The second-order valence-corrected chi connectivity index (χ2v) is 3.99. The van der Waals surface area contributed by atoms with Crippen LogP contribution in [0.2, 0.25) is 0 Å². The predicted molar refractivity (Wildman–Crippen MR) is 71.0 cm³/mol. The van der Waals surface area contributed by atoms with Gasteiger partial charge in [-0.1, -0.05) is 6.42 Å². The van der Waals surface area contributed by atoms with E-state index in [9.17, 15) is 14.4 Å². The second-order valence-electron chi connectivity index (χ2n) is 3.99. The first kappa shape index (κ1) is 18.9. The smallest absolute Gasteiger partial charge is 0.231 e. The summed E-state index contributed by atoms with van der Waals surface area (Å²) in [5, 5.41) is 5.30. The summed E-state index contributed by atoms with van der Waals surface area (Å²) in [7, 11) is 1.67. The van der Waals surface area contributed by atoms with Crippen molar-refractivity contribution < 1.29 is 14.4 Å². The largest absolute Gasteiger partial charge is 0.369 e. The summed E-state index contributed by atoms with van der Waals surface area (Å²) in [6.07, 6.45) is 3.59. The first-order valence-corrected chi connectivity index (χ1v) is 6.07. The number of ketones is 1. The Hall–Kier alpha value is -1.43. The van der Waals surface area contributed by atoms with Gasteiger partial charge in [-0.05, 0) is 26.8 Å². The molecular formula is C12H25N3O3. The van der Waals surface area contributed by atoms with Gasteiger partial charge in [0.2, 0.25) is 11.8 Å². The normalized spacial score (nSPS) is 9.06. The number of primary amides is 1. The fourth-order valence-electron chi connectivity index (χ4n) is 1.11. The Labute approximate surface area is 109 Å². The van der Waals surface area contributed by atoms with Crippen molar-refractivity contribution in [1.29, 1.82) is 0 Å². The summed E-state index contributed by atoms with van der Waals surface area (Å²) in [5.41, 5.74) is 4.70. The number of likely N-dealkylation sites (N-methyl/N-ethyl adjacent to an activating group) is 1. The molecule has 0 fully saturated rings. The first-order chi connectivity index (χ1) is 8.40. The minimum atomic E-state index is -0.322. The molecule has 0 aromatic heterocycles. The molecule has 0 heterocycles. The topological polar surface area (TPSA) is 101 Å². The van der Waals surface area contributed by atoms with Gasteiger partial charge in [0.05, 0.1) is 6.54 Å².